The molecule has 1 amide bonds. The van der Waals surface area contributed by atoms with E-state index < -0.39 is 0 Å². The first-order chi connectivity index (χ1) is 13.7. The summed E-state index contributed by atoms with van der Waals surface area (Å²) in [6.07, 6.45) is 3.13. The fourth-order valence-electron chi connectivity index (χ4n) is 3.86. The molecule has 2 aromatic carbocycles. The zero-order chi connectivity index (χ0) is 19.1. The largest absolute Gasteiger partial charge is 0.332 e. The average Bonchev–Trinajstić information content (AvgIpc) is 3.36. The fraction of sp³-hybridized carbons (Fsp3) is 0.238. The van der Waals surface area contributed by atoms with E-state index in [-0.39, 0.29) is 24.1 Å². The number of fused-ring (bicyclic) bond motifs is 2. The molecular formula is C21H18N4O2S. The topological polar surface area (TPSA) is 68.1 Å². The van der Waals surface area contributed by atoms with Crippen molar-refractivity contribution in [1.82, 2.24) is 19.4 Å². The number of nitrogens with zero attached hydrogens (tertiary/aromatic N) is 4. The number of para-hydroxylation sites is 3. The predicted molar refractivity (Wildman–Crippen MR) is 109 cm³/mol. The van der Waals surface area contributed by atoms with Crippen LogP contribution in [-0.2, 0) is 11.3 Å². The number of thiazole rings is 1. The van der Waals surface area contributed by atoms with Gasteiger partial charge in [0.05, 0.1) is 33.5 Å². The molecule has 0 unspecified atom stereocenters. The van der Waals surface area contributed by atoms with Crippen LogP contribution in [0.3, 0.4) is 0 Å². The van der Waals surface area contributed by atoms with E-state index in [9.17, 15) is 9.59 Å². The minimum atomic E-state index is -0.261. The molecule has 5 rings (SSSR count). The van der Waals surface area contributed by atoms with E-state index in [0.717, 1.165) is 28.1 Å². The zero-order valence-corrected chi connectivity index (χ0v) is 15.9. The van der Waals surface area contributed by atoms with Gasteiger partial charge >= 0.3 is 0 Å². The summed E-state index contributed by atoms with van der Waals surface area (Å²) >= 11 is 1.64. The molecule has 7 heteroatoms. The van der Waals surface area contributed by atoms with E-state index >= 15 is 0 Å². The van der Waals surface area contributed by atoms with Crippen molar-refractivity contribution < 1.29 is 4.79 Å². The molecular weight excluding hydrogens is 372 g/mol. The number of carbonyl (C=O) groups is 1. The van der Waals surface area contributed by atoms with E-state index in [2.05, 4.69) is 11.1 Å². The van der Waals surface area contributed by atoms with Crippen LogP contribution in [0.2, 0.25) is 0 Å². The number of likely N-dealkylation sites (tertiary alicyclic amines) is 1. The van der Waals surface area contributed by atoms with Gasteiger partial charge in [0, 0.05) is 6.54 Å². The lowest BCUT2D eigenvalue weighted by atomic mass is 10.2. The van der Waals surface area contributed by atoms with Gasteiger partial charge in [-0.3, -0.25) is 14.2 Å². The Bertz CT molecular complexity index is 1210. The second-order valence-corrected chi connectivity index (χ2v) is 8.00. The summed E-state index contributed by atoms with van der Waals surface area (Å²) < 4.78 is 2.64. The molecule has 1 aliphatic rings. The van der Waals surface area contributed by atoms with E-state index in [4.69, 9.17) is 4.98 Å². The van der Waals surface area contributed by atoms with Gasteiger partial charge in [-0.05, 0) is 37.1 Å². The zero-order valence-electron chi connectivity index (χ0n) is 15.1. The molecule has 1 atom stereocenters. The summed E-state index contributed by atoms with van der Waals surface area (Å²) in [5, 5.41) is 0.971. The fourth-order valence-corrected chi connectivity index (χ4v) is 4.97. The Balaban J connectivity index is 1.46. The highest BCUT2D eigenvalue weighted by molar-refractivity contribution is 7.18. The van der Waals surface area contributed by atoms with Crippen LogP contribution in [0.4, 0.5) is 0 Å². The van der Waals surface area contributed by atoms with Crippen molar-refractivity contribution in [3.63, 3.8) is 0 Å². The number of rotatable bonds is 3. The maximum atomic E-state index is 13.1. The molecule has 0 radical (unpaired) electrons. The molecule has 6 nitrogen and oxygen atoms in total. The van der Waals surface area contributed by atoms with Crippen molar-refractivity contribution in [1.29, 1.82) is 0 Å². The second kappa shape index (κ2) is 6.83. The third-order valence-corrected chi connectivity index (χ3v) is 6.35. The average molecular weight is 390 g/mol. The number of hydrogen-bond donors (Lipinski definition) is 0. The lowest BCUT2D eigenvalue weighted by Crippen LogP contribution is -2.36. The van der Waals surface area contributed by atoms with Crippen molar-refractivity contribution in [2.24, 2.45) is 0 Å². The number of aromatic nitrogens is 3. The van der Waals surface area contributed by atoms with Crippen LogP contribution in [0.15, 0.2) is 59.5 Å². The molecule has 4 aromatic rings. The highest BCUT2D eigenvalue weighted by Crippen LogP contribution is 2.36. The van der Waals surface area contributed by atoms with Crippen LogP contribution >= 0.6 is 11.3 Å². The molecule has 0 aliphatic carbocycles. The van der Waals surface area contributed by atoms with E-state index in [1.807, 2.05) is 47.4 Å². The van der Waals surface area contributed by atoms with Gasteiger partial charge < -0.3 is 4.90 Å². The van der Waals surface area contributed by atoms with Crippen LogP contribution in [-0.4, -0.2) is 31.9 Å². The molecule has 140 valence electrons. The van der Waals surface area contributed by atoms with Crippen LogP contribution in [0.5, 0.6) is 0 Å². The molecule has 1 aliphatic heterocycles. The molecule has 3 heterocycles. The summed E-state index contributed by atoms with van der Waals surface area (Å²) in [6.45, 7) is 0.709. The quantitative estimate of drug-likeness (QED) is 0.538. The smallest absolute Gasteiger partial charge is 0.269 e. The molecule has 0 N–H and O–H groups in total. The first-order valence-electron chi connectivity index (χ1n) is 9.30. The number of hydrogen-bond acceptors (Lipinski definition) is 5. The Morgan fingerprint density at radius 2 is 1.89 bits per heavy atom. The molecule has 0 saturated carbocycles. The normalized spacial score (nSPS) is 16.9. The molecule has 2 aromatic heterocycles. The predicted octanol–water partition coefficient (Wildman–Crippen LogP) is 3.37. The number of carbonyl (C=O) groups excluding carboxylic acids is 1. The van der Waals surface area contributed by atoms with Gasteiger partial charge in [-0.15, -0.1) is 11.3 Å². The highest BCUT2D eigenvalue weighted by Gasteiger charge is 2.32. The minimum Gasteiger partial charge on any atom is -0.332 e. The Labute approximate surface area is 165 Å². The van der Waals surface area contributed by atoms with Gasteiger partial charge in [-0.1, -0.05) is 24.3 Å². The van der Waals surface area contributed by atoms with Crippen molar-refractivity contribution in [2.45, 2.75) is 25.4 Å². The van der Waals surface area contributed by atoms with Crippen LogP contribution in [0.1, 0.15) is 23.9 Å². The minimum absolute atomic E-state index is 0.0171. The van der Waals surface area contributed by atoms with E-state index in [1.54, 1.807) is 11.3 Å². The first kappa shape index (κ1) is 17.1. The molecule has 1 fully saturated rings. The monoisotopic (exact) mass is 390 g/mol. The Morgan fingerprint density at radius 1 is 1.11 bits per heavy atom. The van der Waals surface area contributed by atoms with Crippen molar-refractivity contribution in [3.8, 4) is 0 Å². The van der Waals surface area contributed by atoms with Gasteiger partial charge in [0.2, 0.25) is 5.91 Å². The Kier molecular flexibility index (Phi) is 4.16. The Hall–Kier alpha value is -3.06. The standard InChI is InChI=1S/C21H18N4O2S/c26-19-12-22-14-6-1-3-8-16(14)25(19)13-20(27)24-11-5-9-17(24)21-23-15-7-2-4-10-18(15)28-21/h1-4,6-8,10,12,17H,5,9,11,13H2/t17-/m0/s1. The SMILES string of the molecule is O=C(Cn1c(=O)cnc2ccccc21)N1CCC[C@H]1c1nc2ccccc2s1. The van der Waals surface area contributed by atoms with Crippen LogP contribution < -0.4 is 5.56 Å². The maximum absolute atomic E-state index is 13.1. The van der Waals surface area contributed by atoms with Crippen LogP contribution in [0.25, 0.3) is 21.3 Å². The highest BCUT2D eigenvalue weighted by atomic mass is 32.1. The van der Waals surface area contributed by atoms with Gasteiger partial charge in [0.1, 0.15) is 11.6 Å². The van der Waals surface area contributed by atoms with E-state index in [1.165, 1.54) is 10.8 Å². The summed E-state index contributed by atoms with van der Waals surface area (Å²) in [6, 6.07) is 15.4. The second-order valence-electron chi connectivity index (χ2n) is 6.94. The van der Waals surface area contributed by atoms with Crippen molar-refractivity contribution in [3.05, 3.63) is 70.1 Å². The summed E-state index contributed by atoms with van der Waals surface area (Å²) in [7, 11) is 0. The van der Waals surface area contributed by atoms with Gasteiger partial charge in [-0.2, -0.15) is 0 Å². The van der Waals surface area contributed by atoms with Gasteiger partial charge in [-0.25, -0.2) is 9.97 Å². The Morgan fingerprint density at radius 3 is 2.75 bits per heavy atom. The third kappa shape index (κ3) is 2.88. The summed E-state index contributed by atoms with van der Waals surface area (Å²) in [5.74, 6) is -0.0554. The summed E-state index contributed by atoms with van der Waals surface area (Å²) in [5.41, 5.74) is 2.10. The lowest BCUT2D eigenvalue weighted by molar-refractivity contribution is -0.132. The number of benzene rings is 2. The third-order valence-electron chi connectivity index (χ3n) is 5.21. The van der Waals surface area contributed by atoms with Gasteiger partial charge in [0.15, 0.2) is 0 Å². The van der Waals surface area contributed by atoms with Crippen molar-refractivity contribution >= 4 is 38.5 Å². The first-order valence-corrected chi connectivity index (χ1v) is 10.1. The van der Waals surface area contributed by atoms with Crippen LogP contribution in [0, 0.1) is 0 Å². The number of amides is 1. The molecule has 0 bridgehead atoms. The lowest BCUT2D eigenvalue weighted by Gasteiger charge is -2.23. The van der Waals surface area contributed by atoms with E-state index in [0.29, 0.717) is 17.6 Å². The molecule has 0 spiro atoms. The maximum Gasteiger partial charge on any atom is 0.269 e. The van der Waals surface area contributed by atoms with Gasteiger partial charge in [0.25, 0.3) is 5.56 Å². The van der Waals surface area contributed by atoms with Crippen molar-refractivity contribution in [2.75, 3.05) is 6.54 Å². The molecule has 28 heavy (non-hydrogen) atoms. The molecule has 1 saturated heterocycles. The summed E-state index contributed by atoms with van der Waals surface area (Å²) in [4.78, 5) is 36.3.